The minimum atomic E-state index is -1.33. The second-order valence-corrected chi connectivity index (χ2v) is 32.1. The number of hydrogen-bond donors (Lipinski definition) is 4. The summed E-state index contributed by atoms with van der Waals surface area (Å²) < 4.78 is 46.5. The van der Waals surface area contributed by atoms with Crippen molar-refractivity contribution in [3.05, 3.63) is 212 Å². The van der Waals surface area contributed by atoms with Crippen LogP contribution in [0.3, 0.4) is 0 Å². The molecule has 19 rings (SSSR count). The first-order valence-corrected chi connectivity index (χ1v) is 38.5. The lowest BCUT2D eigenvalue weighted by molar-refractivity contribution is -0.206. The van der Waals surface area contributed by atoms with Crippen molar-refractivity contribution in [3.63, 3.8) is 0 Å². The van der Waals surface area contributed by atoms with Gasteiger partial charge in [0.2, 0.25) is 18.3 Å². The van der Waals surface area contributed by atoms with Gasteiger partial charge in [0.05, 0.1) is 33.0 Å². The number of esters is 5. The van der Waals surface area contributed by atoms with E-state index >= 15 is 0 Å². The summed E-state index contributed by atoms with van der Waals surface area (Å²) >= 11 is 0. The second-order valence-electron chi connectivity index (χ2n) is 32.1. The minimum Gasteiger partial charge on any atom is -0.504 e. The van der Waals surface area contributed by atoms with Crippen LogP contribution in [0.25, 0.3) is 0 Å². The summed E-state index contributed by atoms with van der Waals surface area (Å²) in [5.41, 5.74) is 4.87. The second kappa shape index (κ2) is 28.5. The van der Waals surface area contributed by atoms with Gasteiger partial charge in [-0.15, -0.1) is 5.06 Å². The highest BCUT2D eigenvalue weighted by atomic mass is 16.7. The van der Waals surface area contributed by atoms with Gasteiger partial charge in [-0.2, -0.15) is 0 Å². The van der Waals surface area contributed by atoms with Crippen molar-refractivity contribution in [2.75, 3.05) is 40.8 Å². The summed E-state index contributed by atoms with van der Waals surface area (Å²) in [5.74, 6) is -2.67. The van der Waals surface area contributed by atoms with Gasteiger partial charge >= 0.3 is 35.8 Å². The average Bonchev–Trinajstić information content (AvgIpc) is 1.57. The third-order valence-corrected chi connectivity index (χ3v) is 26.1. The summed E-state index contributed by atoms with van der Waals surface area (Å²) in [4.78, 5) is 120. The van der Waals surface area contributed by atoms with Crippen LogP contribution < -0.4 is 14.2 Å². The number of carbonyl (C=O) groups excluding carboxylic acids is 9. The maximum absolute atomic E-state index is 13.4. The number of nitrogens with zero attached hydrogens (tertiary/aromatic N) is 4. The van der Waals surface area contributed by atoms with Gasteiger partial charge in [0, 0.05) is 104 Å². The van der Waals surface area contributed by atoms with Crippen molar-refractivity contribution in [2.24, 2.45) is 0 Å². The number of aromatic hydroxyl groups is 1. The predicted molar refractivity (Wildman–Crippen MR) is 400 cm³/mol. The Bertz CT molecular complexity index is 4800. The number of benzene rings is 6. The number of phenolic OH excluding ortho intramolecular Hbond substituents is 1. The van der Waals surface area contributed by atoms with Crippen LogP contribution >= 0.6 is 0 Å². The molecule has 15 atom stereocenters. The van der Waals surface area contributed by atoms with Crippen LogP contribution in [0.5, 0.6) is 23.0 Å². The van der Waals surface area contributed by atoms with Crippen molar-refractivity contribution in [1.82, 2.24) is 19.8 Å². The number of likely N-dealkylation sites (N-methyl/N-ethyl adjacent to an activating group) is 3. The van der Waals surface area contributed by atoms with Gasteiger partial charge in [-0.05, 0) is 146 Å². The summed E-state index contributed by atoms with van der Waals surface area (Å²) in [6.07, 6.45) is 3.71. The number of aryl methyl sites for hydroxylation is 2. The average molecular weight is 1540 g/mol. The molecular formula is C87H90N4O22. The van der Waals surface area contributed by atoms with E-state index in [0.717, 1.165) is 90.7 Å². The van der Waals surface area contributed by atoms with E-state index < -0.39 is 117 Å². The zero-order valence-electron chi connectivity index (χ0n) is 64.0. The fraction of sp³-hybridized carbons (Fsp3) is 0.437. The molecule has 4 N–H and O–H groups in total. The topological polar surface area (TPSA) is 331 Å². The van der Waals surface area contributed by atoms with E-state index in [4.69, 9.17) is 42.7 Å². The summed E-state index contributed by atoms with van der Waals surface area (Å²) in [6, 6.07) is 37.6. The van der Waals surface area contributed by atoms with Crippen molar-refractivity contribution < 1.29 is 106 Å². The monoisotopic (exact) mass is 1540 g/mol. The normalized spacial score (nSPS) is 30.3. The van der Waals surface area contributed by atoms with E-state index in [2.05, 4.69) is 53.1 Å². The molecule has 5 fully saturated rings. The molecule has 0 unspecified atom stereocenters. The Balaban J connectivity index is 0.000000117. The van der Waals surface area contributed by atoms with Gasteiger partial charge in [0.15, 0.2) is 35.6 Å². The number of ketones is 1. The Kier molecular flexibility index (Phi) is 19.3. The quantitative estimate of drug-likeness (QED) is 0.0514. The molecule has 7 aliphatic heterocycles. The standard InChI is InChI=1S/C28H29NO6.C27H27NO7.C18H21NO3.C14H13NO6/c1-16-9-10-19-15-21-28(32)12-11-20(25-27(28,13-14-29(21)3)22(19)23(16)35-25)34-26(31)24(33-17(2)30)18-7-5-4-6-8-18;1-15(29)33-22(16-6-4-3-5-7-16)25(31)34-19-10-11-27(32)20-14-17-8-9-18(30)23-21(17)26(27,24(19)35-23)12-13-28(20)2;1-10-3-4-11-9-13-18(21)6-5-12(20)16-17(18,7-8-19(13)2)14(11)15(10)22-16;1-9(16)20-13(10-5-3-2-4-6-10)14(19)21-15-11(17)7-8-12(15)18/h4-11,21,24-25,32H,12-15H2,1-3H3;3-10,20,22,24,30,32H,11-14H2,1-2H3;3-4,13,16,21H,5-9H2,1-2H3;2-6,13H,7-8H2,1H3/t21-,24+,25+,27+,28-;20-,22+,24+,26+,27-;13-,16+,17+,18-;13-/m1110/s1. The van der Waals surface area contributed by atoms with Gasteiger partial charge in [-0.25, -0.2) is 14.4 Å². The number of rotatable bonds is 12. The molecule has 6 aromatic rings. The first kappa shape index (κ1) is 76.4. The molecule has 0 radical (unpaired) electrons. The molecule has 1 saturated carbocycles. The lowest BCUT2D eigenvalue weighted by Crippen LogP contribution is -2.76. The highest BCUT2D eigenvalue weighted by Crippen LogP contribution is 2.68. The number of phenols is 1. The molecule has 13 aliphatic rings. The Morgan fingerprint density at radius 3 is 1.20 bits per heavy atom. The number of amides is 2. The zero-order chi connectivity index (χ0) is 79.8. The van der Waals surface area contributed by atoms with Gasteiger partial charge in [0.1, 0.15) is 23.0 Å². The summed E-state index contributed by atoms with van der Waals surface area (Å²) in [6.45, 7) is 10.1. The molecule has 7 heterocycles. The van der Waals surface area contributed by atoms with Crippen molar-refractivity contribution >= 4 is 53.4 Å². The van der Waals surface area contributed by atoms with Crippen LogP contribution in [0.1, 0.15) is 158 Å². The van der Waals surface area contributed by atoms with Crippen molar-refractivity contribution in [1.29, 1.82) is 0 Å². The number of piperidine rings is 3. The van der Waals surface area contributed by atoms with E-state index in [1.165, 1.54) is 25.0 Å². The largest absolute Gasteiger partial charge is 0.504 e. The smallest absolute Gasteiger partial charge is 0.378 e. The van der Waals surface area contributed by atoms with Crippen LogP contribution in [-0.4, -0.2) is 188 Å². The molecule has 590 valence electrons. The molecule has 4 saturated heterocycles. The fourth-order valence-corrected chi connectivity index (χ4v) is 21.0. The Labute approximate surface area is 652 Å². The molecule has 2 amide bonds. The van der Waals surface area contributed by atoms with E-state index in [1.807, 2.05) is 33.0 Å². The van der Waals surface area contributed by atoms with E-state index in [-0.39, 0.29) is 54.7 Å². The molecule has 0 aromatic heterocycles. The first-order valence-electron chi connectivity index (χ1n) is 38.5. The minimum absolute atomic E-state index is 0.00000434. The first-order chi connectivity index (χ1) is 54.0. The molecule has 3 spiro atoms. The third-order valence-electron chi connectivity index (χ3n) is 26.1. The van der Waals surface area contributed by atoms with Crippen molar-refractivity contribution in [3.8, 4) is 23.0 Å². The molecule has 26 heteroatoms. The van der Waals surface area contributed by atoms with E-state index in [0.29, 0.717) is 71.8 Å². The lowest BCUT2D eigenvalue weighted by Gasteiger charge is -2.62. The van der Waals surface area contributed by atoms with Crippen LogP contribution in [-0.2, 0) is 107 Å². The lowest BCUT2D eigenvalue weighted by atomic mass is 9.49. The summed E-state index contributed by atoms with van der Waals surface area (Å²) in [7, 11) is 6.16. The van der Waals surface area contributed by atoms with Gasteiger partial charge in [-0.3, -0.25) is 28.8 Å². The number of imide groups is 1. The molecule has 6 aromatic carbocycles. The Morgan fingerprint density at radius 2 is 0.796 bits per heavy atom. The van der Waals surface area contributed by atoms with Gasteiger partial charge < -0.3 is 77.9 Å². The third kappa shape index (κ3) is 11.9. The predicted octanol–water partition coefficient (Wildman–Crippen LogP) is 7.88. The molecule has 6 bridgehead atoms. The number of carbonyl (C=O) groups is 9. The Morgan fingerprint density at radius 1 is 0.442 bits per heavy atom. The number of likely N-dealkylation sites (tertiary alicyclic amines) is 3. The molecule has 6 aliphatic carbocycles. The molecular weight excluding hydrogens is 1450 g/mol. The highest BCUT2D eigenvalue weighted by Gasteiger charge is 2.75. The maximum Gasteiger partial charge on any atom is 0.378 e. The number of hydroxylamine groups is 2. The van der Waals surface area contributed by atoms with Crippen LogP contribution in [0.4, 0.5) is 0 Å². The number of ether oxygens (including phenoxy) is 8. The van der Waals surface area contributed by atoms with E-state index in [9.17, 15) is 63.6 Å². The van der Waals surface area contributed by atoms with E-state index in [1.54, 1.807) is 103 Å². The van der Waals surface area contributed by atoms with Crippen molar-refractivity contribution in [2.45, 2.75) is 199 Å². The van der Waals surface area contributed by atoms with Crippen LogP contribution in [0, 0.1) is 13.8 Å². The van der Waals surface area contributed by atoms with Gasteiger partial charge in [-0.1, -0.05) is 121 Å². The highest BCUT2D eigenvalue weighted by molar-refractivity contribution is 6.02. The Hall–Kier alpha value is -10.6. The van der Waals surface area contributed by atoms with Gasteiger partial charge in [0.25, 0.3) is 11.8 Å². The maximum atomic E-state index is 13.4. The number of hydrogen-bond acceptors (Lipinski definition) is 25. The molecule has 26 nitrogen and oxygen atoms in total. The van der Waals surface area contributed by atoms with Crippen LogP contribution in [0.15, 0.2) is 151 Å². The fourth-order valence-electron chi connectivity index (χ4n) is 21.0. The zero-order valence-corrected chi connectivity index (χ0v) is 64.0. The number of Topliss-reactive ketones (excluding diaryl/α,β-unsaturated/α-hetero) is 1. The molecule has 113 heavy (non-hydrogen) atoms. The van der Waals surface area contributed by atoms with Crippen LogP contribution in [0.2, 0.25) is 0 Å². The summed E-state index contributed by atoms with van der Waals surface area (Å²) in [5, 5.41) is 47.2. The SMILES string of the molecule is CC(=O)O[C@H](C(=O)OC1=CC[C@@]2(O)[C@H]3Cc4ccc(C)c5c4[C@@]2(CCN3C)[C@H]1O5)c1ccccc1.CC(=O)O[C@H](C(=O)OC1=CC[C@@]2(O)[C@H]3Cc4ccc(O)c5c4[C@@]2(CCN3C)[C@H]1O5)c1ccccc1.CC(=O)O[C@H](C(=O)ON1C(=O)CCC1=O)c1ccccc1.Cc1ccc2c3c1O[C@H]1C(=O)CC[C@@]4(O)[C@@H](C2)N(C)CC[C@]314. The number of aliphatic hydroxyl groups is 3.